The van der Waals surface area contributed by atoms with Crippen molar-refractivity contribution in [2.45, 2.75) is 25.9 Å². The fraction of sp³-hybridized carbons (Fsp3) is 0.462. The summed E-state index contributed by atoms with van der Waals surface area (Å²) in [6, 6.07) is 10.4. The van der Waals surface area contributed by atoms with Crippen LogP contribution < -0.4 is 5.32 Å². The van der Waals surface area contributed by atoms with Gasteiger partial charge in [-0.15, -0.1) is 5.10 Å². The third-order valence-electron chi connectivity index (χ3n) is 2.90. The van der Waals surface area contributed by atoms with Crippen LogP contribution in [0.5, 0.6) is 0 Å². The number of para-hydroxylation sites is 1. The molecule has 1 unspecified atom stereocenters. The maximum atomic E-state index is 4.08. The second-order valence-electron chi connectivity index (χ2n) is 4.41. The summed E-state index contributed by atoms with van der Waals surface area (Å²) in [6.45, 7) is 2.87. The zero-order valence-corrected chi connectivity index (χ0v) is 12.1. The van der Waals surface area contributed by atoms with Crippen LogP contribution in [0.25, 0.3) is 5.69 Å². The minimum atomic E-state index is 0.466. The third-order valence-corrected chi connectivity index (χ3v) is 3.54. The molecule has 0 aliphatic carbocycles. The van der Waals surface area contributed by atoms with E-state index in [1.165, 1.54) is 0 Å². The number of tetrazole rings is 1. The van der Waals surface area contributed by atoms with Gasteiger partial charge < -0.3 is 5.32 Å². The Labute approximate surface area is 117 Å². The van der Waals surface area contributed by atoms with Crippen molar-refractivity contribution in [2.24, 2.45) is 0 Å². The number of nitrogens with one attached hydrogen (secondary N) is 1. The van der Waals surface area contributed by atoms with Crippen LogP contribution in [0.2, 0.25) is 0 Å². The minimum Gasteiger partial charge on any atom is -0.307 e. The van der Waals surface area contributed by atoms with E-state index in [4.69, 9.17) is 0 Å². The number of rotatable bonds is 7. The molecule has 1 aromatic carbocycles. The summed E-state index contributed by atoms with van der Waals surface area (Å²) < 4.78 is 1.77. The molecule has 0 saturated carbocycles. The summed E-state index contributed by atoms with van der Waals surface area (Å²) in [7, 11) is 0. The maximum Gasteiger partial charge on any atom is 0.170 e. The predicted octanol–water partition coefficient (Wildman–Crippen LogP) is 1.89. The summed E-state index contributed by atoms with van der Waals surface area (Å²) >= 11 is 1.87. The Morgan fingerprint density at radius 1 is 1.32 bits per heavy atom. The molecule has 19 heavy (non-hydrogen) atoms. The topological polar surface area (TPSA) is 55.6 Å². The molecule has 5 nitrogen and oxygen atoms in total. The first-order chi connectivity index (χ1) is 9.31. The Kier molecular flexibility index (Phi) is 5.35. The molecule has 0 fully saturated rings. The van der Waals surface area contributed by atoms with Gasteiger partial charge in [-0.2, -0.15) is 16.4 Å². The Morgan fingerprint density at radius 2 is 2.11 bits per heavy atom. The van der Waals surface area contributed by atoms with Gasteiger partial charge in [0.05, 0.1) is 12.2 Å². The SMILES string of the molecule is CSCCC(C)NCc1nnnn1-c1ccccc1. The monoisotopic (exact) mass is 277 g/mol. The van der Waals surface area contributed by atoms with Crippen molar-refractivity contribution < 1.29 is 0 Å². The standard InChI is InChI=1S/C13H19N5S/c1-11(8-9-19-2)14-10-13-15-16-17-18(13)12-6-4-3-5-7-12/h3-7,11,14H,8-10H2,1-2H3. The van der Waals surface area contributed by atoms with Gasteiger partial charge >= 0.3 is 0 Å². The van der Waals surface area contributed by atoms with Crippen molar-refractivity contribution in [3.63, 3.8) is 0 Å². The average Bonchev–Trinajstić information content (AvgIpc) is 2.92. The lowest BCUT2D eigenvalue weighted by Crippen LogP contribution is -2.27. The van der Waals surface area contributed by atoms with Crippen molar-refractivity contribution in [3.8, 4) is 5.69 Å². The van der Waals surface area contributed by atoms with Crippen molar-refractivity contribution in [3.05, 3.63) is 36.2 Å². The first-order valence-electron chi connectivity index (χ1n) is 6.36. The summed E-state index contributed by atoms with van der Waals surface area (Å²) in [4.78, 5) is 0. The zero-order chi connectivity index (χ0) is 13.5. The molecule has 0 aliphatic rings. The van der Waals surface area contributed by atoms with Gasteiger partial charge in [-0.05, 0) is 47.9 Å². The van der Waals surface area contributed by atoms with E-state index in [9.17, 15) is 0 Å². The van der Waals surface area contributed by atoms with Crippen molar-refractivity contribution >= 4 is 11.8 Å². The number of nitrogens with zero attached hydrogens (tertiary/aromatic N) is 4. The van der Waals surface area contributed by atoms with Gasteiger partial charge in [0.2, 0.25) is 0 Å². The molecule has 0 bridgehead atoms. The fourth-order valence-electron chi connectivity index (χ4n) is 1.75. The quantitative estimate of drug-likeness (QED) is 0.837. The molecule has 1 heterocycles. The normalized spacial score (nSPS) is 12.5. The molecule has 2 aromatic rings. The van der Waals surface area contributed by atoms with E-state index in [0.717, 1.165) is 23.7 Å². The zero-order valence-electron chi connectivity index (χ0n) is 11.3. The number of aromatic nitrogens is 4. The fourth-order valence-corrected chi connectivity index (χ4v) is 2.34. The highest BCUT2D eigenvalue weighted by atomic mass is 32.2. The number of hydrogen-bond acceptors (Lipinski definition) is 5. The second-order valence-corrected chi connectivity index (χ2v) is 5.39. The molecular weight excluding hydrogens is 258 g/mol. The predicted molar refractivity (Wildman–Crippen MR) is 78.5 cm³/mol. The first kappa shape index (κ1) is 14.0. The van der Waals surface area contributed by atoms with Gasteiger partial charge in [0.15, 0.2) is 5.82 Å². The highest BCUT2D eigenvalue weighted by molar-refractivity contribution is 7.98. The Bertz CT molecular complexity index is 485. The van der Waals surface area contributed by atoms with Crippen molar-refractivity contribution in [1.29, 1.82) is 0 Å². The van der Waals surface area contributed by atoms with E-state index in [1.54, 1.807) is 4.68 Å². The highest BCUT2D eigenvalue weighted by Crippen LogP contribution is 2.07. The smallest absolute Gasteiger partial charge is 0.170 e. The van der Waals surface area contributed by atoms with Gasteiger partial charge in [0.25, 0.3) is 0 Å². The van der Waals surface area contributed by atoms with Gasteiger partial charge in [-0.3, -0.25) is 0 Å². The molecule has 1 atom stereocenters. The minimum absolute atomic E-state index is 0.466. The van der Waals surface area contributed by atoms with Crippen LogP contribution >= 0.6 is 11.8 Å². The molecule has 0 radical (unpaired) electrons. The number of benzene rings is 1. The number of hydrogen-bond donors (Lipinski definition) is 1. The Morgan fingerprint density at radius 3 is 2.84 bits per heavy atom. The van der Waals surface area contributed by atoms with Gasteiger partial charge in [-0.25, -0.2) is 0 Å². The largest absolute Gasteiger partial charge is 0.307 e. The average molecular weight is 277 g/mol. The molecule has 1 aromatic heterocycles. The number of thioether (sulfide) groups is 1. The van der Waals surface area contributed by atoms with E-state index >= 15 is 0 Å². The van der Waals surface area contributed by atoms with E-state index in [0.29, 0.717) is 12.6 Å². The van der Waals surface area contributed by atoms with Gasteiger partial charge in [-0.1, -0.05) is 18.2 Å². The molecule has 0 saturated heterocycles. The third kappa shape index (κ3) is 4.04. The molecule has 0 amide bonds. The lowest BCUT2D eigenvalue weighted by atomic mass is 10.2. The van der Waals surface area contributed by atoms with Crippen LogP contribution in [0.3, 0.4) is 0 Å². The molecule has 102 valence electrons. The van der Waals surface area contributed by atoms with Crippen LogP contribution in [-0.2, 0) is 6.54 Å². The summed E-state index contributed by atoms with van der Waals surface area (Å²) in [5, 5.41) is 15.3. The lowest BCUT2D eigenvalue weighted by molar-refractivity contribution is 0.520. The Hall–Kier alpha value is -1.40. The Balaban J connectivity index is 1.97. The van der Waals surface area contributed by atoms with Crippen LogP contribution in [0.15, 0.2) is 30.3 Å². The van der Waals surface area contributed by atoms with E-state index in [2.05, 4.69) is 34.0 Å². The summed E-state index contributed by atoms with van der Waals surface area (Å²) in [6.07, 6.45) is 3.27. The van der Waals surface area contributed by atoms with Gasteiger partial charge in [0, 0.05) is 6.04 Å². The lowest BCUT2D eigenvalue weighted by Gasteiger charge is -2.12. The maximum absolute atomic E-state index is 4.08. The summed E-state index contributed by atoms with van der Waals surface area (Å²) in [5.74, 6) is 2.00. The molecule has 2 rings (SSSR count). The van der Waals surface area contributed by atoms with Gasteiger partial charge in [0.1, 0.15) is 0 Å². The molecule has 1 N–H and O–H groups in total. The van der Waals surface area contributed by atoms with Crippen molar-refractivity contribution in [1.82, 2.24) is 25.5 Å². The van der Waals surface area contributed by atoms with Crippen LogP contribution in [0.1, 0.15) is 19.2 Å². The van der Waals surface area contributed by atoms with Crippen LogP contribution in [0, 0.1) is 0 Å². The van der Waals surface area contributed by atoms with Crippen molar-refractivity contribution in [2.75, 3.05) is 12.0 Å². The van der Waals surface area contributed by atoms with E-state index in [1.807, 2.05) is 42.1 Å². The molecule has 6 heteroatoms. The van der Waals surface area contributed by atoms with Crippen LogP contribution in [0.4, 0.5) is 0 Å². The molecule has 0 aliphatic heterocycles. The second kappa shape index (κ2) is 7.25. The first-order valence-corrected chi connectivity index (χ1v) is 7.75. The van der Waals surface area contributed by atoms with E-state index in [-0.39, 0.29) is 0 Å². The molecule has 0 spiro atoms. The highest BCUT2D eigenvalue weighted by Gasteiger charge is 2.09. The molecular formula is C13H19N5S. The van der Waals surface area contributed by atoms with Crippen LogP contribution in [-0.4, -0.2) is 38.3 Å². The van der Waals surface area contributed by atoms with E-state index < -0.39 is 0 Å². The summed E-state index contributed by atoms with van der Waals surface area (Å²) in [5.41, 5.74) is 0.987.